The van der Waals surface area contributed by atoms with Gasteiger partial charge in [-0.15, -0.1) is 0 Å². The highest BCUT2D eigenvalue weighted by Gasteiger charge is 2.50. The van der Waals surface area contributed by atoms with Gasteiger partial charge in [-0.05, 0) is 46.3 Å². The molecular formula is C21H28O4Si. The van der Waals surface area contributed by atoms with E-state index in [2.05, 4.69) is 27.7 Å². The molecule has 1 aromatic carbocycles. The van der Waals surface area contributed by atoms with E-state index in [1.807, 2.05) is 12.1 Å². The number of ether oxygens (including phenoxy) is 1. The molecule has 26 heavy (non-hydrogen) atoms. The van der Waals surface area contributed by atoms with Gasteiger partial charge in [-0.1, -0.05) is 39.8 Å². The van der Waals surface area contributed by atoms with Crippen LogP contribution in [0.5, 0.6) is 0 Å². The second-order valence-corrected chi connectivity index (χ2v) is 13.0. The molecule has 1 atom stereocenters. The van der Waals surface area contributed by atoms with Crippen molar-refractivity contribution >= 4 is 25.6 Å². The summed E-state index contributed by atoms with van der Waals surface area (Å²) < 4.78 is 11.3. The van der Waals surface area contributed by atoms with Crippen molar-refractivity contribution in [3.63, 3.8) is 0 Å². The first-order valence-corrected chi connectivity index (χ1v) is 11.7. The van der Waals surface area contributed by atoms with E-state index in [0.29, 0.717) is 35.6 Å². The average molecular weight is 373 g/mol. The third kappa shape index (κ3) is 3.07. The Hall–Kier alpha value is -1.72. The van der Waals surface area contributed by atoms with E-state index in [-0.39, 0.29) is 11.8 Å². The van der Waals surface area contributed by atoms with Crippen molar-refractivity contribution in [2.24, 2.45) is 5.92 Å². The number of carbonyl (C=O) groups is 2. The Morgan fingerprint density at radius 3 is 2.31 bits per heavy atom. The van der Waals surface area contributed by atoms with Crippen molar-refractivity contribution in [3.8, 4) is 0 Å². The molecule has 0 spiro atoms. The number of fused-ring (bicyclic) bond motifs is 1. The maximum absolute atomic E-state index is 12.8. The van der Waals surface area contributed by atoms with Gasteiger partial charge in [0.25, 0.3) is 0 Å². The smallest absolute Gasteiger partial charge is 0.337 e. The number of ketones is 1. The van der Waals surface area contributed by atoms with Gasteiger partial charge in [0.15, 0.2) is 14.1 Å². The number of Topliss-reactive ketones (excluding diaryl/α,β-unsaturated/α-hetero) is 1. The highest BCUT2D eigenvalue weighted by molar-refractivity contribution is 6.76. The van der Waals surface area contributed by atoms with Crippen molar-refractivity contribution < 1.29 is 18.8 Å². The third-order valence-corrected chi connectivity index (χ3v) is 11.9. The van der Waals surface area contributed by atoms with Crippen molar-refractivity contribution in [2.75, 3.05) is 13.7 Å². The summed E-state index contributed by atoms with van der Waals surface area (Å²) >= 11 is 0. The number of rotatable bonds is 4. The molecule has 1 fully saturated rings. The Morgan fingerprint density at radius 1 is 1.15 bits per heavy atom. The molecular weight excluding hydrogens is 344 g/mol. The van der Waals surface area contributed by atoms with Gasteiger partial charge < -0.3 is 9.16 Å². The molecule has 5 heteroatoms. The summed E-state index contributed by atoms with van der Waals surface area (Å²) in [6.07, 6.45) is 0.598. The van der Waals surface area contributed by atoms with E-state index in [4.69, 9.17) is 9.16 Å². The van der Waals surface area contributed by atoms with E-state index >= 15 is 0 Å². The van der Waals surface area contributed by atoms with E-state index in [0.717, 1.165) is 22.8 Å². The van der Waals surface area contributed by atoms with Crippen molar-refractivity contribution in [2.45, 2.75) is 51.2 Å². The largest absolute Gasteiger partial charge is 0.465 e. The highest BCUT2D eigenvalue weighted by Crippen LogP contribution is 2.49. The van der Waals surface area contributed by atoms with Crippen molar-refractivity contribution in [1.29, 1.82) is 0 Å². The Kier molecular flexibility index (Phi) is 5.22. The first kappa shape index (κ1) is 19.0. The second kappa shape index (κ2) is 7.12. The van der Waals surface area contributed by atoms with Gasteiger partial charge in [0, 0.05) is 12.0 Å². The predicted molar refractivity (Wildman–Crippen MR) is 105 cm³/mol. The van der Waals surface area contributed by atoms with Crippen LogP contribution in [0.2, 0.25) is 17.1 Å². The molecule has 1 heterocycles. The number of hydrogen-bond donors (Lipinski definition) is 0. The molecule has 0 bridgehead atoms. The zero-order chi connectivity index (χ0) is 19.1. The van der Waals surface area contributed by atoms with Gasteiger partial charge in [0.2, 0.25) is 0 Å². The van der Waals surface area contributed by atoms with Gasteiger partial charge in [0.05, 0.1) is 19.3 Å². The van der Waals surface area contributed by atoms with Crippen LogP contribution in [0.3, 0.4) is 0 Å². The molecule has 0 N–H and O–H groups in total. The summed E-state index contributed by atoms with van der Waals surface area (Å²) in [7, 11) is -0.494. The first-order valence-electron chi connectivity index (χ1n) is 9.39. The fraction of sp³-hybridized carbons (Fsp3) is 0.524. The second-order valence-electron chi connectivity index (χ2n) is 8.05. The molecule has 3 rings (SSSR count). The summed E-state index contributed by atoms with van der Waals surface area (Å²) in [6.45, 7) is 9.65. The van der Waals surface area contributed by atoms with E-state index < -0.39 is 8.32 Å². The first-order chi connectivity index (χ1) is 12.3. The minimum atomic E-state index is -1.86. The van der Waals surface area contributed by atoms with Crippen LogP contribution in [-0.2, 0) is 14.0 Å². The lowest BCUT2D eigenvalue weighted by molar-refractivity contribution is -0.113. The van der Waals surface area contributed by atoms with Crippen LogP contribution in [0.1, 0.15) is 50.0 Å². The molecule has 1 aliphatic carbocycles. The number of hydrogen-bond acceptors (Lipinski definition) is 4. The maximum Gasteiger partial charge on any atom is 0.337 e. The fourth-order valence-corrected chi connectivity index (χ4v) is 9.23. The van der Waals surface area contributed by atoms with Crippen LogP contribution in [0.25, 0.3) is 5.57 Å². The van der Waals surface area contributed by atoms with Crippen molar-refractivity contribution in [1.82, 2.24) is 0 Å². The maximum atomic E-state index is 12.8. The van der Waals surface area contributed by atoms with Gasteiger partial charge in [-0.2, -0.15) is 0 Å². The van der Waals surface area contributed by atoms with Crippen LogP contribution >= 0.6 is 0 Å². The zero-order valence-corrected chi connectivity index (χ0v) is 17.3. The number of methoxy groups -OCH3 is 1. The van der Waals surface area contributed by atoms with E-state index in [1.165, 1.54) is 7.11 Å². The molecule has 1 aliphatic heterocycles. The SMILES string of the molecule is COC(=O)c1ccc(C2=C3CO[Si](C(C)C)(C(C)C)CC3CC2=O)cc1. The minimum absolute atomic E-state index is 0.205. The zero-order valence-electron chi connectivity index (χ0n) is 16.3. The van der Waals surface area contributed by atoms with Crippen LogP contribution in [0.15, 0.2) is 29.8 Å². The van der Waals surface area contributed by atoms with Crippen LogP contribution < -0.4 is 0 Å². The number of benzene rings is 1. The van der Waals surface area contributed by atoms with Gasteiger partial charge in [-0.25, -0.2) is 4.79 Å². The van der Waals surface area contributed by atoms with E-state index in [9.17, 15) is 9.59 Å². The summed E-state index contributed by atoms with van der Waals surface area (Å²) in [5.74, 6) is 0.162. The summed E-state index contributed by atoms with van der Waals surface area (Å²) in [4.78, 5) is 24.4. The lowest BCUT2D eigenvalue weighted by atomic mass is 9.98. The monoisotopic (exact) mass is 372 g/mol. The molecule has 0 saturated carbocycles. The molecule has 0 amide bonds. The number of allylic oxidation sites excluding steroid dienone is 1. The molecule has 1 saturated heterocycles. The molecule has 2 aliphatic rings. The number of carbonyl (C=O) groups excluding carboxylic acids is 2. The molecule has 0 aromatic heterocycles. The topological polar surface area (TPSA) is 52.6 Å². The molecule has 140 valence electrons. The molecule has 4 nitrogen and oxygen atoms in total. The Balaban J connectivity index is 1.92. The van der Waals surface area contributed by atoms with E-state index in [1.54, 1.807) is 12.1 Å². The minimum Gasteiger partial charge on any atom is -0.465 e. The molecule has 1 unspecified atom stereocenters. The highest BCUT2D eigenvalue weighted by atomic mass is 28.4. The Labute approximate surface area is 156 Å². The van der Waals surface area contributed by atoms with Gasteiger partial charge in [-0.3, -0.25) is 4.79 Å². The predicted octanol–water partition coefficient (Wildman–Crippen LogP) is 4.61. The number of esters is 1. The Bertz CT molecular complexity index is 738. The fourth-order valence-electron chi connectivity index (χ4n) is 4.58. The van der Waals surface area contributed by atoms with Crippen LogP contribution in [-0.4, -0.2) is 33.8 Å². The lowest BCUT2D eigenvalue weighted by Crippen LogP contribution is -2.49. The quantitative estimate of drug-likeness (QED) is 0.572. The standard InChI is InChI=1S/C21H28O4Si/c1-13(2)26(14(3)4)12-17-10-19(22)20(18(17)11-25-26)15-6-8-16(9-7-15)21(23)24-5/h6-9,13-14,17H,10-12H2,1-5H3. The van der Waals surface area contributed by atoms with Crippen molar-refractivity contribution in [3.05, 3.63) is 41.0 Å². The third-order valence-electron chi connectivity index (χ3n) is 6.14. The summed E-state index contributed by atoms with van der Waals surface area (Å²) in [5.41, 5.74) is 4.43. The Morgan fingerprint density at radius 2 is 1.77 bits per heavy atom. The molecule has 0 radical (unpaired) electrons. The normalized spacial score (nSPS) is 22.1. The van der Waals surface area contributed by atoms with Gasteiger partial charge >= 0.3 is 5.97 Å². The van der Waals surface area contributed by atoms with Crippen LogP contribution in [0, 0.1) is 5.92 Å². The average Bonchev–Trinajstić information content (AvgIpc) is 2.95. The van der Waals surface area contributed by atoms with Gasteiger partial charge in [0.1, 0.15) is 0 Å². The summed E-state index contributed by atoms with van der Waals surface area (Å²) in [5, 5.41) is 0. The molecule has 1 aromatic rings. The van der Waals surface area contributed by atoms with Crippen LogP contribution in [0.4, 0.5) is 0 Å². The lowest BCUT2D eigenvalue weighted by Gasteiger charge is -2.44. The summed E-state index contributed by atoms with van der Waals surface area (Å²) in [6, 6.07) is 8.17.